The summed E-state index contributed by atoms with van der Waals surface area (Å²) in [5, 5.41) is 28.0. The Labute approximate surface area is 171 Å². The summed E-state index contributed by atoms with van der Waals surface area (Å²) in [6.07, 6.45) is 0. The molecule has 150 valence electrons. The molecule has 3 aromatic rings. The predicted molar refractivity (Wildman–Crippen MR) is 108 cm³/mol. The van der Waals surface area contributed by atoms with Crippen molar-refractivity contribution in [1.82, 2.24) is 10.2 Å². The van der Waals surface area contributed by atoms with Crippen LogP contribution >= 0.6 is 0 Å². The first kappa shape index (κ1) is 19.0. The quantitative estimate of drug-likeness (QED) is 0.490. The number of aromatic amines is 1. The van der Waals surface area contributed by atoms with E-state index in [1.807, 2.05) is 31.2 Å². The van der Waals surface area contributed by atoms with Gasteiger partial charge in [-0.15, -0.1) is 5.10 Å². The van der Waals surface area contributed by atoms with Gasteiger partial charge in [-0.25, -0.2) is 0 Å². The molecule has 1 aromatic heterocycles. The molecule has 1 unspecified atom stereocenters. The maximum absolute atomic E-state index is 11.0. The van der Waals surface area contributed by atoms with E-state index in [1.54, 1.807) is 12.1 Å². The molecule has 1 aliphatic rings. The number of rotatable bonds is 5. The summed E-state index contributed by atoms with van der Waals surface area (Å²) in [5.41, 5.74) is 8.87. The Morgan fingerprint density at radius 2 is 2.10 bits per heavy atom. The zero-order valence-electron chi connectivity index (χ0n) is 16.0. The summed E-state index contributed by atoms with van der Waals surface area (Å²) < 4.78 is 11.2. The first-order valence-corrected chi connectivity index (χ1v) is 9.17. The summed E-state index contributed by atoms with van der Waals surface area (Å²) in [6, 6.07) is 15.6. The zero-order valence-corrected chi connectivity index (χ0v) is 16.0. The number of benzene rings is 2. The highest BCUT2D eigenvalue weighted by atomic mass is 16.6. The van der Waals surface area contributed by atoms with Crippen molar-refractivity contribution in [2.75, 3.05) is 6.61 Å². The number of hydrogen-bond acceptors (Lipinski definition) is 7. The van der Waals surface area contributed by atoms with Gasteiger partial charge in [0.25, 0.3) is 5.69 Å². The zero-order chi connectivity index (χ0) is 21.3. The number of allylic oxidation sites excluding steroid dienone is 1. The average Bonchev–Trinajstić information content (AvgIpc) is 3.16. The maximum Gasteiger partial charge on any atom is 0.269 e. The van der Waals surface area contributed by atoms with Crippen molar-refractivity contribution in [1.29, 1.82) is 5.26 Å². The number of H-pyrrole nitrogens is 1. The molecular formula is C21H17N5O4. The molecule has 0 spiro atoms. The van der Waals surface area contributed by atoms with Crippen LogP contribution in [0, 0.1) is 21.4 Å². The second kappa shape index (κ2) is 7.60. The van der Waals surface area contributed by atoms with Gasteiger partial charge >= 0.3 is 0 Å². The van der Waals surface area contributed by atoms with Crippen LogP contribution in [0.4, 0.5) is 5.69 Å². The van der Waals surface area contributed by atoms with Crippen LogP contribution in [0.15, 0.2) is 60.0 Å². The molecule has 0 fully saturated rings. The molecule has 2 heterocycles. The summed E-state index contributed by atoms with van der Waals surface area (Å²) in [6.45, 7) is 2.42. The highest BCUT2D eigenvalue weighted by Crippen LogP contribution is 2.46. The van der Waals surface area contributed by atoms with Gasteiger partial charge in [-0.05, 0) is 24.6 Å². The molecule has 0 bridgehead atoms. The van der Waals surface area contributed by atoms with Crippen LogP contribution in [0.2, 0.25) is 0 Å². The van der Waals surface area contributed by atoms with Gasteiger partial charge in [0.15, 0.2) is 0 Å². The standard InChI is InChI=1S/C21H17N5O4/c1-2-29-15-5-3-4-13(10-15)19-18-17(12-6-8-14(9-7-12)26(27)28)16(11-22)20(23)30-21(18)25-24-19/h3-10,17H,2,23H2,1H3,(H,24,25). The Kier molecular flexibility index (Phi) is 4.82. The predicted octanol–water partition coefficient (Wildman–Crippen LogP) is 3.60. The van der Waals surface area contributed by atoms with Crippen LogP contribution in [-0.4, -0.2) is 21.7 Å². The third-order valence-corrected chi connectivity index (χ3v) is 4.81. The van der Waals surface area contributed by atoms with E-state index < -0.39 is 10.8 Å². The average molecular weight is 403 g/mol. The molecule has 2 aromatic carbocycles. The Morgan fingerprint density at radius 1 is 1.33 bits per heavy atom. The molecule has 0 radical (unpaired) electrons. The number of nitrogens with two attached hydrogens (primary N) is 1. The van der Waals surface area contributed by atoms with E-state index in [4.69, 9.17) is 15.2 Å². The fourth-order valence-electron chi connectivity index (χ4n) is 3.49. The molecule has 3 N–H and O–H groups in total. The van der Waals surface area contributed by atoms with Crippen molar-refractivity contribution in [3.8, 4) is 29.0 Å². The third kappa shape index (κ3) is 3.20. The number of nitro groups is 1. The van der Waals surface area contributed by atoms with Crippen molar-refractivity contribution >= 4 is 5.69 Å². The van der Waals surface area contributed by atoms with Crippen LogP contribution in [0.25, 0.3) is 11.3 Å². The summed E-state index contributed by atoms with van der Waals surface area (Å²) >= 11 is 0. The van der Waals surface area contributed by atoms with Crippen LogP contribution in [0.3, 0.4) is 0 Å². The lowest BCUT2D eigenvalue weighted by Crippen LogP contribution is -2.21. The minimum Gasteiger partial charge on any atom is -0.494 e. The molecule has 0 saturated carbocycles. The van der Waals surface area contributed by atoms with Crippen LogP contribution in [0.5, 0.6) is 11.6 Å². The number of hydrogen-bond donors (Lipinski definition) is 2. The number of nitrogens with one attached hydrogen (secondary N) is 1. The van der Waals surface area contributed by atoms with Crippen LogP contribution in [-0.2, 0) is 0 Å². The van der Waals surface area contributed by atoms with Gasteiger partial charge in [0, 0.05) is 17.7 Å². The largest absolute Gasteiger partial charge is 0.494 e. The number of ether oxygens (including phenoxy) is 2. The molecule has 0 saturated heterocycles. The van der Waals surface area contributed by atoms with E-state index in [0.29, 0.717) is 29.2 Å². The van der Waals surface area contributed by atoms with Gasteiger partial charge in [0.1, 0.15) is 17.4 Å². The molecule has 0 aliphatic carbocycles. The van der Waals surface area contributed by atoms with Gasteiger partial charge in [0.05, 0.1) is 28.7 Å². The van der Waals surface area contributed by atoms with Crippen LogP contribution < -0.4 is 15.2 Å². The molecule has 1 aliphatic heterocycles. The SMILES string of the molecule is CCOc1cccc(-c2[nH]nc3c2C(c2ccc([N+](=O)[O-])cc2)C(C#N)=C(N)O3)c1. The second-order valence-corrected chi connectivity index (χ2v) is 6.55. The minimum atomic E-state index is -0.593. The summed E-state index contributed by atoms with van der Waals surface area (Å²) in [5.74, 6) is 0.308. The van der Waals surface area contributed by atoms with Crippen molar-refractivity contribution in [2.24, 2.45) is 5.73 Å². The number of nitrogens with zero attached hydrogens (tertiary/aromatic N) is 3. The second-order valence-electron chi connectivity index (χ2n) is 6.55. The first-order valence-electron chi connectivity index (χ1n) is 9.17. The number of fused-ring (bicyclic) bond motifs is 1. The minimum absolute atomic E-state index is 0.0432. The maximum atomic E-state index is 11.0. The smallest absolute Gasteiger partial charge is 0.269 e. The molecule has 9 nitrogen and oxygen atoms in total. The van der Waals surface area contributed by atoms with Gasteiger partial charge in [-0.3, -0.25) is 15.2 Å². The highest BCUT2D eigenvalue weighted by Gasteiger charge is 2.35. The molecule has 1 atom stereocenters. The number of non-ortho nitro benzene ring substituents is 1. The van der Waals surface area contributed by atoms with Gasteiger partial charge in [-0.2, -0.15) is 5.26 Å². The first-order chi connectivity index (χ1) is 14.5. The Balaban J connectivity index is 1.88. The van der Waals surface area contributed by atoms with E-state index in [1.165, 1.54) is 12.1 Å². The molecule has 30 heavy (non-hydrogen) atoms. The van der Waals surface area contributed by atoms with E-state index >= 15 is 0 Å². The third-order valence-electron chi connectivity index (χ3n) is 4.81. The highest BCUT2D eigenvalue weighted by molar-refractivity contribution is 5.71. The number of nitro benzene ring substituents is 1. The fourth-order valence-corrected chi connectivity index (χ4v) is 3.49. The van der Waals surface area contributed by atoms with Gasteiger partial charge in [-0.1, -0.05) is 24.3 Å². The topological polar surface area (TPSA) is 140 Å². The summed E-state index contributed by atoms with van der Waals surface area (Å²) in [4.78, 5) is 10.5. The number of aromatic nitrogens is 2. The van der Waals surface area contributed by atoms with Crippen molar-refractivity contribution in [3.63, 3.8) is 0 Å². The lowest BCUT2D eigenvalue weighted by molar-refractivity contribution is -0.384. The Hall–Kier alpha value is -4.32. The summed E-state index contributed by atoms with van der Waals surface area (Å²) in [7, 11) is 0. The molecular weight excluding hydrogens is 386 g/mol. The van der Waals surface area contributed by atoms with Crippen LogP contribution in [0.1, 0.15) is 24.0 Å². The monoisotopic (exact) mass is 403 g/mol. The molecule has 4 rings (SSSR count). The van der Waals surface area contributed by atoms with E-state index in [2.05, 4.69) is 16.3 Å². The Bertz CT molecular complexity index is 1190. The normalized spacial score (nSPS) is 15.1. The van der Waals surface area contributed by atoms with Crippen molar-refractivity contribution < 1.29 is 14.4 Å². The Morgan fingerprint density at radius 3 is 2.77 bits per heavy atom. The van der Waals surface area contributed by atoms with Crippen molar-refractivity contribution in [2.45, 2.75) is 12.8 Å². The van der Waals surface area contributed by atoms with Crippen molar-refractivity contribution in [3.05, 3.63) is 81.2 Å². The number of nitriles is 1. The van der Waals surface area contributed by atoms with E-state index in [9.17, 15) is 15.4 Å². The van der Waals surface area contributed by atoms with E-state index in [-0.39, 0.29) is 23.0 Å². The lowest BCUT2D eigenvalue weighted by atomic mass is 9.83. The molecule has 0 amide bonds. The lowest BCUT2D eigenvalue weighted by Gasteiger charge is -2.24. The molecule has 9 heteroatoms. The van der Waals surface area contributed by atoms with E-state index in [0.717, 1.165) is 5.56 Å². The van der Waals surface area contributed by atoms with Gasteiger partial charge in [0.2, 0.25) is 11.8 Å². The fraction of sp³-hybridized carbons (Fsp3) is 0.143. The van der Waals surface area contributed by atoms with Gasteiger partial charge < -0.3 is 15.2 Å².